The van der Waals surface area contributed by atoms with Crippen LogP contribution in [0.3, 0.4) is 0 Å². The second-order valence-corrected chi connectivity index (χ2v) is 22.0. The first-order chi connectivity index (χ1) is 35.9. The van der Waals surface area contributed by atoms with Gasteiger partial charge in [-0.3, -0.25) is 0 Å². The van der Waals surface area contributed by atoms with Crippen LogP contribution in [0.1, 0.15) is 74.9 Å². The van der Waals surface area contributed by atoms with Crippen molar-refractivity contribution in [3.05, 3.63) is 270 Å². The summed E-state index contributed by atoms with van der Waals surface area (Å²) in [6, 6.07) is 86.8. The molecule has 0 bridgehead atoms. The summed E-state index contributed by atoms with van der Waals surface area (Å²) in [5, 5.41) is 4.90. The maximum absolute atomic E-state index is 7.28. The number of benzene rings is 11. The van der Waals surface area contributed by atoms with Crippen molar-refractivity contribution in [2.24, 2.45) is 0 Å². The first-order valence-electron chi connectivity index (χ1n) is 26.1. The number of fused-ring (bicyclic) bond motifs is 6. The Kier molecular flexibility index (Phi) is 10.7. The monoisotopic (exact) mass is 952 g/mol. The van der Waals surface area contributed by atoms with Crippen LogP contribution in [0.25, 0.3) is 54.9 Å². The van der Waals surface area contributed by atoms with Crippen LogP contribution in [0, 0.1) is 0 Å². The third-order valence-corrected chi connectivity index (χ3v) is 16.7. The van der Waals surface area contributed by atoms with Crippen molar-refractivity contribution in [1.29, 1.82) is 0 Å². The van der Waals surface area contributed by atoms with Gasteiger partial charge >= 0.3 is 0 Å². The summed E-state index contributed by atoms with van der Waals surface area (Å²) in [5.74, 6) is 3.40. The highest BCUT2D eigenvalue weighted by Gasteiger charge is 2.42. The van der Waals surface area contributed by atoms with Crippen molar-refractivity contribution >= 4 is 44.6 Å². The fraction of sp³-hybridized carbons (Fsp3) is 0.127. The molecule has 2 aliphatic heterocycles. The zero-order valence-electron chi connectivity index (χ0n) is 42.9. The molecule has 11 aromatic rings. The van der Waals surface area contributed by atoms with Crippen LogP contribution in [0.2, 0.25) is 0 Å². The highest BCUT2D eigenvalue weighted by atomic mass is 16.5. The van der Waals surface area contributed by atoms with Gasteiger partial charge in [-0.05, 0) is 130 Å². The normalized spacial score (nSPS) is 12.9. The molecule has 0 aromatic heterocycles. The maximum atomic E-state index is 7.28. The third-order valence-electron chi connectivity index (χ3n) is 16.7. The van der Waals surface area contributed by atoms with Crippen molar-refractivity contribution in [2.75, 3.05) is 0 Å². The molecule has 74 heavy (non-hydrogen) atoms. The summed E-state index contributed by atoms with van der Waals surface area (Å²) < 4.78 is 14.6. The lowest BCUT2D eigenvalue weighted by Gasteiger charge is -2.36. The second kappa shape index (κ2) is 17.4. The molecule has 3 heteroatoms. The van der Waals surface area contributed by atoms with Crippen LogP contribution < -0.4 is 25.9 Å². The lowest BCUT2D eigenvalue weighted by molar-refractivity contribution is 0.462. The average molecular weight is 953 g/mol. The molecule has 0 atom stereocenters. The molecule has 13 rings (SSSR count). The van der Waals surface area contributed by atoms with E-state index in [2.05, 4.69) is 278 Å². The molecule has 0 N–H and O–H groups in total. The van der Waals surface area contributed by atoms with Gasteiger partial charge in [0, 0.05) is 21.7 Å². The topological polar surface area (TPSA) is 18.5 Å². The van der Waals surface area contributed by atoms with Gasteiger partial charge < -0.3 is 9.47 Å². The Bertz CT molecular complexity index is 3790. The predicted octanol–water partition coefficient (Wildman–Crippen LogP) is 16.7. The molecule has 0 fully saturated rings. The van der Waals surface area contributed by atoms with E-state index in [0.717, 1.165) is 56.1 Å². The van der Waals surface area contributed by atoms with E-state index in [9.17, 15) is 0 Å². The fourth-order valence-corrected chi connectivity index (χ4v) is 12.2. The van der Waals surface area contributed by atoms with Crippen LogP contribution in [-0.2, 0) is 16.2 Å². The van der Waals surface area contributed by atoms with Crippen LogP contribution in [0.4, 0.5) is 0 Å². The van der Waals surface area contributed by atoms with E-state index >= 15 is 0 Å². The van der Waals surface area contributed by atoms with Gasteiger partial charge in [0.1, 0.15) is 23.0 Å². The summed E-state index contributed by atoms with van der Waals surface area (Å²) in [5.41, 5.74) is 16.9. The van der Waals surface area contributed by atoms with Crippen molar-refractivity contribution < 1.29 is 9.47 Å². The Labute approximate surface area is 436 Å². The molecule has 0 aliphatic carbocycles. The number of ether oxygens (including phenoxy) is 2. The number of rotatable bonds is 9. The van der Waals surface area contributed by atoms with Gasteiger partial charge in [-0.25, -0.2) is 0 Å². The van der Waals surface area contributed by atoms with E-state index in [1.54, 1.807) is 0 Å². The SMILES string of the molecule is CC(C)(c1ccccc1)c1cc(-c2cc3c4c(c2)Oc2cc(C(C)(C)c5ccccc5)ccc2B4c2ccc(C(C)(C)c4ccccc4)cc2O3)cc(-c2c3ccccc3c(-c3ccccc3)c3ccccc23)c1. The van der Waals surface area contributed by atoms with Gasteiger partial charge in [-0.15, -0.1) is 0 Å². The first-order valence-corrected chi connectivity index (χ1v) is 26.1. The Morgan fingerprint density at radius 1 is 0.270 bits per heavy atom. The molecule has 11 aromatic carbocycles. The molecule has 0 spiro atoms. The van der Waals surface area contributed by atoms with E-state index in [4.69, 9.17) is 9.47 Å². The van der Waals surface area contributed by atoms with Gasteiger partial charge in [-0.1, -0.05) is 248 Å². The Balaban J connectivity index is 1.04. The minimum absolute atomic E-state index is 0.0934. The molecule has 0 saturated carbocycles. The first kappa shape index (κ1) is 45.5. The lowest BCUT2D eigenvalue weighted by atomic mass is 9.34. The summed E-state index contributed by atoms with van der Waals surface area (Å²) in [7, 11) is 0. The number of hydrogen-bond donors (Lipinski definition) is 0. The molecule has 0 amide bonds. The van der Waals surface area contributed by atoms with E-state index in [-0.39, 0.29) is 23.0 Å². The molecule has 2 heterocycles. The van der Waals surface area contributed by atoms with Crippen LogP contribution >= 0.6 is 0 Å². The molecule has 0 saturated heterocycles. The van der Waals surface area contributed by atoms with Gasteiger partial charge in [-0.2, -0.15) is 0 Å². The standard InChI is InChI=1S/C71H57BO2/c1-69(2,50-25-13-8-14-26-50)53-35-37-60-62(44-53)73-64-42-48(43-65-68(64)72(60)61-38-36-54(45-63(61)74-65)70(3,4)51-27-15-9-16-28-51)47-39-49(41-55(40-47)71(5,6)52-29-17-10-18-30-52)67-58-33-21-19-31-56(58)66(46-23-11-7-12-24-46)57-32-20-22-34-59(57)67/h7-45H,1-6H3. The van der Waals surface area contributed by atoms with Crippen molar-refractivity contribution in [1.82, 2.24) is 0 Å². The van der Waals surface area contributed by atoms with E-state index < -0.39 is 0 Å². The van der Waals surface area contributed by atoms with E-state index in [0.29, 0.717) is 0 Å². The third kappa shape index (κ3) is 7.40. The van der Waals surface area contributed by atoms with Crippen LogP contribution in [-0.4, -0.2) is 6.71 Å². The van der Waals surface area contributed by atoms with Crippen LogP contribution in [0.15, 0.2) is 237 Å². The minimum Gasteiger partial charge on any atom is -0.458 e. The Morgan fingerprint density at radius 2 is 0.622 bits per heavy atom. The zero-order chi connectivity index (χ0) is 50.3. The summed E-state index contributed by atoms with van der Waals surface area (Å²) in [4.78, 5) is 0. The molecular formula is C71H57BO2. The summed E-state index contributed by atoms with van der Waals surface area (Å²) in [6.07, 6.45) is 0. The summed E-state index contributed by atoms with van der Waals surface area (Å²) in [6.45, 7) is 13.8. The Hall–Kier alpha value is -8.40. The predicted molar refractivity (Wildman–Crippen MR) is 311 cm³/mol. The highest BCUT2D eigenvalue weighted by Crippen LogP contribution is 2.48. The second-order valence-electron chi connectivity index (χ2n) is 22.0. The quantitative estimate of drug-likeness (QED) is 0.106. The van der Waals surface area contributed by atoms with Gasteiger partial charge in [0.15, 0.2) is 0 Å². The van der Waals surface area contributed by atoms with Gasteiger partial charge in [0.2, 0.25) is 0 Å². The van der Waals surface area contributed by atoms with Crippen LogP contribution in [0.5, 0.6) is 23.0 Å². The summed E-state index contributed by atoms with van der Waals surface area (Å²) >= 11 is 0. The van der Waals surface area contributed by atoms with Gasteiger partial charge in [0.05, 0.1) is 0 Å². The lowest BCUT2D eigenvalue weighted by Crippen LogP contribution is -2.57. The molecular weight excluding hydrogens is 896 g/mol. The molecule has 2 nitrogen and oxygen atoms in total. The van der Waals surface area contributed by atoms with E-state index in [1.807, 2.05) is 0 Å². The maximum Gasteiger partial charge on any atom is 0.260 e. The smallest absolute Gasteiger partial charge is 0.260 e. The molecule has 356 valence electrons. The Morgan fingerprint density at radius 3 is 1.05 bits per heavy atom. The zero-order valence-corrected chi connectivity index (χ0v) is 42.9. The molecule has 2 aliphatic rings. The minimum atomic E-state index is -0.343. The van der Waals surface area contributed by atoms with E-state index in [1.165, 1.54) is 71.6 Å². The van der Waals surface area contributed by atoms with Crippen molar-refractivity contribution in [3.63, 3.8) is 0 Å². The molecule has 0 unspecified atom stereocenters. The average Bonchev–Trinajstić information content (AvgIpc) is 3.45. The highest BCUT2D eigenvalue weighted by molar-refractivity contribution is 6.98. The fourth-order valence-electron chi connectivity index (χ4n) is 12.2. The molecule has 0 radical (unpaired) electrons. The largest absolute Gasteiger partial charge is 0.458 e. The van der Waals surface area contributed by atoms with Gasteiger partial charge in [0.25, 0.3) is 6.71 Å². The van der Waals surface area contributed by atoms with Crippen molar-refractivity contribution in [3.8, 4) is 56.4 Å². The number of hydrogen-bond acceptors (Lipinski definition) is 2. The van der Waals surface area contributed by atoms with Crippen molar-refractivity contribution in [2.45, 2.75) is 57.8 Å².